The molecule has 21 heavy (non-hydrogen) atoms. The number of nitrogens with one attached hydrogen (secondary N) is 1. The molecule has 1 heterocycles. The molecule has 0 aromatic carbocycles. The Hall–Kier alpha value is -0.650. The zero-order chi connectivity index (χ0) is 15.9. The summed E-state index contributed by atoms with van der Waals surface area (Å²) in [6.45, 7) is 8.97. The van der Waals surface area contributed by atoms with Gasteiger partial charge >= 0.3 is 5.97 Å². The Balaban J connectivity index is 2.51. The first-order valence-corrected chi connectivity index (χ1v) is 8.11. The van der Waals surface area contributed by atoms with Gasteiger partial charge in [0.25, 0.3) is 0 Å². The topological polar surface area (TPSA) is 44.8 Å². The van der Waals surface area contributed by atoms with Gasteiger partial charge in [-0.3, -0.25) is 4.79 Å². The molecule has 0 aromatic rings. The molecule has 5 heteroatoms. The van der Waals surface area contributed by atoms with Crippen LogP contribution in [-0.4, -0.2) is 75.2 Å². The molecule has 1 aliphatic rings. The summed E-state index contributed by atoms with van der Waals surface area (Å²) in [7, 11) is 5.75. The Morgan fingerprint density at radius 2 is 2.05 bits per heavy atom. The average molecular weight is 299 g/mol. The molecule has 124 valence electrons. The molecule has 0 amide bonds. The number of esters is 1. The number of likely N-dealkylation sites (N-methyl/N-ethyl adjacent to an activating group) is 1. The van der Waals surface area contributed by atoms with Gasteiger partial charge < -0.3 is 19.9 Å². The second-order valence-corrected chi connectivity index (χ2v) is 6.69. The Morgan fingerprint density at radius 3 is 2.57 bits per heavy atom. The van der Waals surface area contributed by atoms with Gasteiger partial charge in [-0.15, -0.1) is 0 Å². The van der Waals surface area contributed by atoms with Gasteiger partial charge in [0, 0.05) is 13.1 Å². The summed E-state index contributed by atoms with van der Waals surface area (Å²) in [5.74, 6) is 0.561. The molecule has 1 rings (SSSR count). The van der Waals surface area contributed by atoms with Gasteiger partial charge in [-0.05, 0) is 65.8 Å². The summed E-state index contributed by atoms with van der Waals surface area (Å²) < 4.78 is 4.98. The van der Waals surface area contributed by atoms with Crippen molar-refractivity contribution in [1.82, 2.24) is 15.1 Å². The Morgan fingerprint density at radius 1 is 1.43 bits per heavy atom. The summed E-state index contributed by atoms with van der Waals surface area (Å²) in [6, 6.07) is 0. The molecule has 1 saturated heterocycles. The number of nitrogens with zero attached hydrogens (tertiary/aromatic N) is 2. The molecule has 0 saturated carbocycles. The van der Waals surface area contributed by atoms with Gasteiger partial charge in [0.1, 0.15) is 5.54 Å². The number of carbonyl (C=O) groups excluding carboxylic acids is 1. The van der Waals surface area contributed by atoms with Crippen molar-refractivity contribution in [2.24, 2.45) is 5.92 Å². The van der Waals surface area contributed by atoms with E-state index in [0.29, 0.717) is 6.54 Å². The van der Waals surface area contributed by atoms with Crippen molar-refractivity contribution in [3.05, 3.63) is 0 Å². The highest BCUT2D eigenvalue weighted by Gasteiger charge is 2.35. The van der Waals surface area contributed by atoms with Crippen LogP contribution in [0.15, 0.2) is 0 Å². The monoisotopic (exact) mass is 299 g/mol. The molecule has 0 aliphatic carbocycles. The summed E-state index contributed by atoms with van der Waals surface area (Å²) in [4.78, 5) is 16.8. The summed E-state index contributed by atoms with van der Waals surface area (Å²) in [6.07, 6.45) is 3.50. The van der Waals surface area contributed by atoms with Gasteiger partial charge in [-0.25, -0.2) is 0 Å². The Labute approximate surface area is 130 Å². The lowest BCUT2D eigenvalue weighted by atomic mass is 9.95. The average Bonchev–Trinajstić information content (AvgIpc) is 2.46. The van der Waals surface area contributed by atoms with E-state index in [1.54, 1.807) is 0 Å². The van der Waals surface area contributed by atoms with Crippen molar-refractivity contribution >= 4 is 5.97 Å². The largest absolute Gasteiger partial charge is 0.468 e. The maximum atomic E-state index is 12.1. The second-order valence-electron chi connectivity index (χ2n) is 6.69. The first-order valence-electron chi connectivity index (χ1n) is 8.11. The first kappa shape index (κ1) is 18.4. The number of rotatable bonds is 8. The third-order valence-corrected chi connectivity index (χ3v) is 4.40. The van der Waals surface area contributed by atoms with Gasteiger partial charge in [0.15, 0.2) is 0 Å². The van der Waals surface area contributed by atoms with Crippen LogP contribution in [0, 0.1) is 5.92 Å². The lowest BCUT2D eigenvalue weighted by molar-refractivity contribution is -0.148. The van der Waals surface area contributed by atoms with Crippen LogP contribution in [-0.2, 0) is 9.53 Å². The van der Waals surface area contributed by atoms with Crippen molar-refractivity contribution in [1.29, 1.82) is 0 Å². The number of piperidine rings is 1. The van der Waals surface area contributed by atoms with E-state index in [9.17, 15) is 4.79 Å². The van der Waals surface area contributed by atoms with E-state index in [0.717, 1.165) is 25.4 Å². The molecule has 1 N–H and O–H groups in total. The van der Waals surface area contributed by atoms with Crippen molar-refractivity contribution in [2.45, 2.75) is 38.6 Å². The number of likely N-dealkylation sites (tertiary alicyclic amines) is 1. The van der Waals surface area contributed by atoms with E-state index in [4.69, 9.17) is 4.74 Å². The van der Waals surface area contributed by atoms with Crippen LogP contribution in [0.3, 0.4) is 0 Å². The maximum Gasteiger partial charge on any atom is 0.327 e. The predicted octanol–water partition coefficient (Wildman–Crippen LogP) is 1.19. The van der Waals surface area contributed by atoms with Crippen molar-refractivity contribution in [3.8, 4) is 0 Å². The Kier molecular flexibility index (Phi) is 7.63. The molecule has 1 unspecified atom stereocenters. The van der Waals surface area contributed by atoms with E-state index in [2.05, 4.69) is 36.1 Å². The second kappa shape index (κ2) is 8.71. The standard InChI is InChI=1S/C16H33N3O2/c1-6-9-17-16(2,15(20)21-5)13-19(4)12-14-7-10-18(3)11-8-14/h14,17H,6-13H2,1-5H3. The molecule has 1 atom stereocenters. The van der Waals surface area contributed by atoms with Crippen molar-refractivity contribution < 1.29 is 9.53 Å². The first-order chi connectivity index (χ1) is 9.91. The molecular formula is C16H33N3O2. The highest BCUT2D eigenvalue weighted by atomic mass is 16.5. The summed E-state index contributed by atoms with van der Waals surface area (Å²) in [5, 5.41) is 3.35. The molecule has 5 nitrogen and oxygen atoms in total. The summed E-state index contributed by atoms with van der Waals surface area (Å²) in [5.41, 5.74) is -0.620. The maximum absolute atomic E-state index is 12.1. The van der Waals surface area contributed by atoms with E-state index >= 15 is 0 Å². The van der Waals surface area contributed by atoms with Crippen LogP contribution in [0.25, 0.3) is 0 Å². The highest BCUT2D eigenvalue weighted by Crippen LogP contribution is 2.18. The lowest BCUT2D eigenvalue weighted by Crippen LogP contribution is -2.57. The van der Waals surface area contributed by atoms with Crippen molar-refractivity contribution in [2.75, 3.05) is 53.9 Å². The van der Waals surface area contributed by atoms with Crippen LogP contribution >= 0.6 is 0 Å². The molecule has 1 fully saturated rings. The van der Waals surface area contributed by atoms with Gasteiger partial charge in [-0.2, -0.15) is 0 Å². The van der Waals surface area contributed by atoms with E-state index in [1.165, 1.54) is 33.0 Å². The van der Waals surface area contributed by atoms with E-state index in [1.807, 2.05) is 6.92 Å². The molecule has 0 aromatic heterocycles. The third-order valence-electron chi connectivity index (χ3n) is 4.40. The lowest BCUT2D eigenvalue weighted by Gasteiger charge is -2.36. The predicted molar refractivity (Wildman–Crippen MR) is 86.4 cm³/mol. The normalized spacial score (nSPS) is 20.5. The molecule has 0 bridgehead atoms. The van der Waals surface area contributed by atoms with Gasteiger partial charge in [0.05, 0.1) is 7.11 Å². The number of ether oxygens (including phenoxy) is 1. The zero-order valence-electron chi connectivity index (χ0n) is 14.4. The van der Waals surface area contributed by atoms with Crippen LogP contribution in [0.5, 0.6) is 0 Å². The zero-order valence-corrected chi connectivity index (χ0v) is 14.4. The summed E-state index contributed by atoms with van der Waals surface area (Å²) >= 11 is 0. The van der Waals surface area contributed by atoms with Crippen LogP contribution in [0.2, 0.25) is 0 Å². The number of hydrogen-bond acceptors (Lipinski definition) is 5. The fraction of sp³-hybridized carbons (Fsp3) is 0.938. The smallest absolute Gasteiger partial charge is 0.327 e. The van der Waals surface area contributed by atoms with Crippen molar-refractivity contribution in [3.63, 3.8) is 0 Å². The van der Waals surface area contributed by atoms with Crippen LogP contribution in [0.4, 0.5) is 0 Å². The molecule has 0 spiro atoms. The number of carbonyl (C=O) groups is 1. The van der Waals surface area contributed by atoms with Gasteiger partial charge in [-0.1, -0.05) is 6.92 Å². The van der Waals surface area contributed by atoms with Crippen LogP contribution in [0.1, 0.15) is 33.1 Å². The van der Waals surface area contributed by atoms with Crippen LogP contribution < -0.4 is 5.32 Å². The van der Waals surface area contributed by atoms with E-state index in [-0.39, 0.29) is 5.97 Å². The number of hydrogen-bond donors (Lipinski definition) is 1. The molecule has 1 aliphatic heterocycles. The molecular weight excluding hydrogens is 266 g/mol. The fourth-order valence-corrected chi connectivity index (χ4v) is 3.11. The minimum absolute atomic E-state index is 0.175. The highest BCUT2D eigenvalue weighted by molar-refractivity contribution is 5.80. The number of methoxy groups -OCH3 is 1. The third kappa shape index (κ3) is 5.93. The Bertz CT molecular complexity index is 317. The minimum Gasteiger partial charge on any atom is -0.468 e. The van der Waals surface area contributed by atoms with Gasteiger partial charge in [0.2, 0.25) is 0 Å². The van der Waals surface area contributed by atoms with E-state index < -0.39 is 5.54 Å². The molecule has 0 radical (unpaired) electrons. The quantitative estimate of drug-likeness (QED) is 0.682. The fourth-order valence-electron chi connectivity index (χ4n) is 3.11. The minimum atomic E-state index is -0.620. The SMILES string of the molecule is CCCNC(C)(CN(C)CC1CCN(C)CC1)C(=O)OC.